The third-order valence-electron chi connectivity index (χ3n) is 5.37. The van der Waals surface area contributed by atoms with E-state index in [1.54, 1.807) is 12.1 Å². The van der Waals surface area contributed by atoms with E-state index in [1.165, 1.54) is 6.33 Å². The Morgan fingerprint density at radius 3 is 2.64 bits per heavy atom. The number of phenolic OH excluding ortho intramolecular Hbond substituents is 1. The molecule has 7 nitrogen and oxygen atoms in total. The first-order valence-corrected chi connectivity index (χ1v) is 9.77. The Labute approximate surface area is 166 Å². The van der Waals surface area contributed by atoms with Crippen molar-refractivity contribution >= 4 is 11.5 Å². The average molecular weight is 383 g/mol. The predicted octanol–water partition coefficient (Wildman–Crippen LogP) is 3.18. The van der Waals surface area contributed by atoms with Crippen molar-refractivity contribution in [1.82, 2.24) is 14.9 Å². The molecule has 0 saturated carbocycles. The maximum Gasteiger partial charge on any atom is 0.131 e. The Morgan fingerprint density at radius 1 is 1.18 bits per heavy atom. The minimum absolute atomic E-state index is 0.175. The van der Waals surface area contributed by atoms with E-state index >= 15 is 0 Å². The van der Waals surface area contributed by atoms with Crippen LogP contribution in [0.1, 0.15) is 45.2 Å². The second kappa shape index (κ2) is 8.14. The lowest BCUT2D eigenvalue weighted by atomic mass is 9.70. The number of rotatable bonds is 7. The number of nitrogen functional groups attached to an aromatic ring is 1. The van der Waals surface area contributed by atoms with E-state index in [-0.39, 0.29) is 5.75 Å². The molecule has 1 aliphatic rings. The van der Waals surface area contributed by atoms with Crippen molar-refractivity contribution in [2.75, 3.05) is 32.0 Å². The lowest BCUT2D eigenvalue weighted by Crippen LogP contribution is -2.36. The maximum absolute atomic E-state index is 10.0. The third-order valence-corrected chi connectivity index (χ3v) is 5.37. The monoisotopic (exact) mass is 383 g/mol. The van der Waals surface area contributed by atoms with Gasteiger partial charge in [0.2, 0.25) is 0 Å². The van der Waals surface area contributed by atoms with E-state index in [0.29, 0.717) is 12.4 Å². The van der Waals surface area contributed by atoms with Gasteiger partial charge in [-0.05, 0) is 51.6 Å². The van der Waals surface area contributed by atoms with Crippen molar-refractivity contribution in [2.24, 2.45) is 5.16 Å². The van der Waals surface area contributed by atoms with Crippen LogP contribution in [0.5, 0.6) is 5.75 Å². The van der Waals surface area contributed by atoms with E-state index < -0.39 is 5.41 Å². The molecule has 1 heterocycles. The largest absolute Gasteiger partial charge is 0.508 e. The second-order valence-electron chi connectivity index (χ2n) is 7.49. The molecule has 0 saturated heterocycles. The van der Waals surface area contributed by atoms with Gasteiger partial charge in [0.15, 0.2) is 0 Å². The van der Waals surface area contributed by atoms with Crippen molar-refractivity contribution < 1.29 is 9.94 Å². The Kier molecular flexibility index (Phi) is 5.84. The van der Waals surface area contributed by atoms with Crippen molar-refractivity contribution in [3.8, 4) is 17.0 Å². The highest BCUT2D eigenvalue weighted by Gasteiger charge is 2.40. The zero-order valence-electron chi connectivity index (χ0n) is 17.1. The van der Waals surface area contributed by atoms with E-state index in [4.69, 9.17) is 10.6 Å². The molecule has 7 heteroatoms. The van der Waals surface area contributed by atoms with Gasteiger partial charge >= 0.3 is 0 Å². The summed E-state index contributed by atoms with van der Waals surface area (Å²) in [5, 5.41) is 14.5. The summed E-state index contributed by atoms with van der Waals surface area (Å²) in [6.07, 6.45) is 2.36. The van der Waals surface area contributed by atoms with E-state index in [2.05, 4.69) is 33.9 Å². The minimum Gasteiger partial charge on any atom is -0.508 e. The van der Waals surface area contributed by atoms with E-state index in [1.807, 2.05) is 19.9 Å². The molecular weight excluding hydrogens is 354 g/mol. The highest BCUT2D eigenvalue weighted by molar-refractivity contribution is 6.15. The molecule has 3 rings (SSSR count). The Hall–Kier alpha value is -2.67. The number of aromatic hydroxyl groups is 1. The zero-order valence-corrected chi connectivity index (χ0v) is 17.1. The molecule has 2 aromatic rings. The smallest absolute Gasteiger partial charge is 0.131 e. The summed E-state index contributed by atoms with van der Waals surface area (Å²) in [6.45, 7) is 11.9. The summed E-state index contributed by atoms with van der Waals surface area (Å²) >= 11 is 0. The fourth-order valence-electron chi connectivity index (χ4n) is 3.78. The van der Waals surface area contributed by atoms with Gasteiger partial charge in [-0.25, -0.2) is 9.97 Å². The minimum atomic E-state index is -0.555. The molecule has 0 radical (unpaired) electrons. The Morgan fingerprint density at radius 2 is 1.93 bits per heavy atom. The summed E-state index contributed by atoms with van der Waals surface area (Å²) in [5.41, 5.74) is 9.64. The molecule has 0 bridgehead atoms. The van der Waals surface area contributed by atoms with Crippen LogP contribution >= 0.6 is 0 Å². The summed E-state index contributed by atoms with van der Waals surface area (Å²) < 4.78 is 0. The number of aromatic nitrogens is 2. The van der Waals surface area contributed by atoms with E-state index in [9.17, 15) is 5.11 Å². The number of hydrogen-bond donors (Lipinski definition) is 2. The number of nitrogens with two attached hydrogens (primary N) is 1. The summed E-state index contributed by atoms with van der Waals surface area (Å²) in [4.78, 5) is 16.7. The van der Waals surface area contributed by atoms with Gasteiger partial charge in [-0.2, -0.15) is 0 Å². The van der Waals surface area contributed by atoms with Crippen LogP contribution in [0.3, 0.4) is 0 Å². The van der Waals surface area contributed by atoms with Crippen LogP contribution in [-0.2, 0) is 10.3 Å². The number of phenols is 1. The average Bonchev–Trinajstić information content (AvgIpc) is 2.66. The molecule has 0 amide bonds. The SMILES string of the molecule is CCN(CC)CCCO/N=C1\c2cc(O)ccc2-c2ncnc(N)c2C1(C)C. The van der Waals surface area contributed by atoms with Crippen molar-refractivity contribution in [1.29, 1.82) is 0 Å². The zero-order chi connectivity index (χ0) is 20.3. The van der Waals surface area contributed by atoms with Crippen LogP contribution < -0.4 is 5.73 Å². The quantitative estimate of drug-likeness (QED) is 0.563. The lowest BCUT2D eigenvalue weighted by Gasteiger charge is -2.34. The second-order valence-corrected chi connectivity index (χ2v) is 7.49. The molecule has 3 N–H and O–H groups in total. The standard InChI is InChI=1S/C21H29N5O2/c1-5-26(6-2)10-7-11-28-25-19-16-12-14(27)8-9-15(16)18-17(21(19,3)4)20(22)24-13-23-18/h8-9,12-13,27H,5-7,10-11H2,1-4H3,(H2,22,23,24)/b25-19+. The highest BCUT2D eigenvalue weighted by atomic mass is 16.6. The predicted molar refractivity (Wildman–Crippen MR) is 111 cm³/mol. The molecule has 1 aromatic heterocycles. The highest BCUT2D eigenvalue weighted by Crippen LogP contribution is 2.45. The maximum atomic E-state index is 10.0. The van der Waals surface area contributed by atoms with Gasteiger partial charge in [-0.3, -0.25) is 0 Å². The molecule has 28 heavy (non-hydrogen) atoms. The van der Waals surface area contributed by atoms with Gasteiger partial charge in [-0.15, -0.1) is 0 Å². The first kappa shape index (κ1) is 20.1. The first-order valence-electron chi connectivity index (χ1n) is 9.77. The Bertz CT molecular complexity index is 875. The molecule has 0 unspecified atom stereocenters. The fraction of sp³-hybridized carbons (Fsp3) is 0.476. The molecule has 0 atom stereocenters. The molecule has 0 fully saturated rings. The topological polar surface area (TPSA) is 96.9 Å². The van der Waals surface area contributed by atoms with Gasteiger partial charge in [0, 0.05) is 28.7 Å². The van der Waals surface area contributed by atoms with Crippen molar-refractivity contribution in [3.05, 3.63) is 35.7 Å². The van der Waals surface area contributed by atoms with Gasteiger partial charge in [0.1, 0.15) is 24.5 Å². The van der Waals surface area contributed by atoms with Crippen LogP contribution in [0.2, 0.25) is 0 Å². The van der Waals surface area contributed by atoms with Crippen LogP contribution in [0.25, 0.3) is 11.3 Å². The van der Waals surface area contributed by atoms with Gasteiger partial charge in [0.05, 0.1) is 11.4 Å². The number of hydrogen-bond acceptors (Lipinski definition) is 7. The lowest BCUT2D eigenvalue weighted by molar-refractivity contribution is 0.129. The van der Waals surface area contributed by atoms with Crippen LogP contribution in [-0.4, -0.2) is 51.9 Å². The summed E-state index contributed by atoms with van der Waals surface area (Å²) in [6, 6.07) is 5.18. The third kappa shape index (κ3) is 3.67. The van der Waals surface area contributed by atoms with E-state index in [0.717, 1.165) is 54.2 Å². The number of anilines is 1. The number of oxime groups is 1. The van der Waals surface area contributed by atoms with Gasteiger partial charge in [0.25, 0.3) is 0 Å². The van der Waals surface area contributed by atoms with Crippen LogP contribution in [0, 0.1) is 0 Å². The first-order chi connectivity index (χ1) is 13.4. The summed E-state index contributed by atoms with van der Waals surface area (Å²) in [7, 11) is 0. The number of benzene rings is 1. The van der Waals surface area contributed by atoms with Gasteiger partial charge in [-0.1, -0.05) is 19.0 Å². The van der Waals surface area contributed by atoms with Crippen molar-refractivity contribution in [3.63, 3.8) is 0 Å². The van der Waals surface area contributed by atoms with Crippen molar-refractivity contribution in [2.45, 2.75) is 39.5 Å². The normalized spacial score (nSPS) is 16.1. The van der Waals surface area contributed by atoms with Crippen LogP contribution in [0.15, 0.2) is 29.7 Å². The summed E-state index contributed by atoms with van der Waals surface area (Å²) in [5.74, 6) is 0.609. The molecule has 150 valence electrons. The molecular formula is C21H29N5O2. The van der Waals surface area contributed by atoms with Crippen LogP contribution in [0.4, 0.5) is 5.82 Å². The fourth-order valence-corrected chi connectivity index (χ4v) is 3.78. The molecule has 0 aliphatic heterocycles. The number of nitrogens with zero attached hydrogens (tertiary/aromatic N) is 4. The molecule has 1 aliphatic carbocycles. The molecule has 0 spiro atoms. The van der Waals surface area contributed by atoms with Gasteiger partial charge < -0.3 is 20.6 Å². The molecule has 1 aromatic carbocycles. The number of fused-ring (bicyclic) bond motifs is 3. The Balaban J connectivity index is 1.93.